The zero-order valence-corrected chi connectivity index (χ0v) is 7.49. The zero-order chi connectivity index (χ0) is 7.56. The summed E-state index contributed by atoms with van der Waals surface area (Å²) in [4.78, 5) is 9.34. The molecule has 1 rings (SSSR count). The molecule has 2 heteroatoms. The third kappa shape index (κ3) is 1.46. The minimum Gasteiger partial charge on any atom is -0.431 e. The second-order valence-corrected chi connectivity index (χ2v) is 4.51. The van der Waals surface area contributed by atoms with Crippen molar-refractivity contribution in [3.8, 4) is 0 Å². The average molecular weight is 152 g/mol. The van der Waals surface area contributed by atoms with Crippen LogP contribution in [-0.2, 0) is 0 Å². The second-order valence-electron chi connectivity index (χ2n) is 2.53. The summed E-state index contributed by atoms with van der Waals surface area (Å²) in [6.45, 7) is 3.96. The topological polar surface area (TPSA) is 20.2 Å². The van der Waals surface area contributed by atoms with Crippen molar-refractivity contribution in [3.63, 3.8) is 0 Å². The lowest BCUT2D eigenvalue weighted by molar-refractivity contribution is 0.593. The Morgan fingerprint density at radius 1 is 1.30 bits per heavy atom. The molecule has 1 aromatic carbocycles. The normalized spacial score (nSPS) is 13.1. The van der Waals surface area contributed by atoms with Crippen LogP contribution in [0.4, 0.5) is 0 Å². The monoisotopic (exact) mass is 152 g/mol. The first-order valence-electron chi connectivity index (χ1n) is 3.45. The number of hydrogen-bond acceptors (Lipinski definition) is 1. The lowest BCUT2D eigenvalue weighted by Crippen LogP contribution is -2.28. The molecule has 1 atom stereocenters. The Morgan fingerprint density at radius 2 is 1.90 bits per heavy atom. The van der Waals surface area contributed by atoms with Crippen LogP contribution in [0.2, 0.25) is 6.55 Å². The number of hydrogen-bond donors (Lipinski definition) is 1. The Kier molecular flexibility index (Phi) is 2.24. The van der Waals surface area contributed by atoms with E-state index in [1.807, 2.05) is 37.7 Å². The molecule has 0 aromatic heterocycles. The lowest BCUT2D eigenvalue weighted by Gasteiger charge is -2.04. The molecule has 0 heterocycles. The first kappa shape index (κ1) is 7.50. The van der Waals surface area contributed by atoms with Gasteiger partial charge < -0.3 is 4.80 Å². The number of aryl methyl sites for hydroxylation is 1. The van der Waals surface area contributed by atoms with E-state index < -0.39 is 9.04 Å². The summed E-state index contributed by atoms with van der Waals surface area (Å²) in [6, 6.07) is 8.01. The molecule has 1 N–H and O–H groups in total. The van der Waals surface area contributed by atoms with Gasteiger partial charge in [-0.15, -0.1) is 0 Å². The largest absolute Gasteiger partial charge is 0.431 e. The van der Waals surface area contributed by atoms with Crippen molar-refractivity contribution < 1.29 is 4.80 Å². The highest BCUT2D eigenvalue weighted by Gasteiger charge is 2.03. The van der Waals surface area contributed by atoms with E-state index in [4.69, 9.17) is 0 Å². The molecule has 10 heavy (non-hydrogen) atoms. The molecule has 1 aromatic rings. The smallest absolute Gasteiger partial charge is 0.201 e. The van der Waals surface area contributed by atoms with Crippen molar-refractivity contribution in [2.45, 2.75) is 13.5 Å². The van der Waals surface area contributed by atoms with Crippen molar-refractivity contribution in [3.05, 3.63) is 29.8 Å². The van der Waals surface area contributed by atoms with Gasteiger partial charge in [0.05, 0.1) is 0 Å². The molecule has 0 aliphatic heterocycles. The molecular formula is C8H12OSi. The lowest BCUT2D eigenvalue weighted by atomic mass is 10.2. The van der Waals surface area contributed by atoms with Crippen LogP contribution in [0.3, 0.4) is 0 Å². The van der Waals surface area contributed by atoms with Gasteiger partial charge in [-0.2, -0.15) is 0 Å². The summed E-state index contributed by atoms with van der Waals surface area (Å²) >= 11 is 0. The van der Waals surface area contributed by atoms with Crippen LogP contribution in [0.5, 0.6) is 0 Å². The number of rotatable bonds is 1. The summed E-state index contributed by atoms with van der Waals surface area (Å²) in [5.41, 5.74) is 1.21. The predicted octanol–water partition coefficient (Wildman–Crippen LogP) is 0.548. The molecule has 54 valence electrons. The van der Waals surface area contributed by atoms with Crippen LogP contribution < -0.4 is 5.19 Å². The molecule has 0 fully saturated rings. The van der Waals surface area contributed by atoms with Gasteiger partial charge >= 0.3 is 0 Å². The molecule has 0 aliphatic rings. The van der Waals surface area contributed by atoms with Gasteiger partial charge in [-0.1, -0.05) is 24.3 Å². The minimum atomic E-state index is -1.57. The average Bonchev–Trinajstić information content (AvgIpc) is 1.88. The van der Waals surface area contributed by atoms with Crippen LogP contribution in [0, 0.1) is 6.92 Å². The summed E-state index contributed by atoms with van der Waals surface area (Å²) < 4.78 is 0. The Bertz CT molecular complexity index is 220. The van der Waals surface area contributed by atoms with E-state index in [0.29, 0.717) is 0 Å². The Morgan fingerprint density at radius 3 is 2.30 bits per heavy atom. The van der Waals surface area contributed by atoms with Crippen LogP contribution in [0.15, 0.2) is 24.3 Å². The molecule has 0 bridgehead atoms. The highest BCUT2D eigenvalue weighted by molar-refractivity contribution is 6.65. The van der Waals surface area contributed by atoms with E-state index in [9.17, 15) is 4.80 Å². The van der Waals surface area contributed by atoms with E-state index >= 15 is 0 Å². The summed E-state index contributed by atoms with van der Waals surface area (Å²) in [6.07, 6.45) is 0. The number of benzene rings is 1. The standard InChI is InChI=1S/C8H12OSi/c1-7-5-3-4-6-8(7)10(2)9/h3-6,9-10H,1-2H3. The Balaban J connectivity index is 3.03. The highest BCUT2D eigenvalue weighted by atomic mass is 28.3. The maximum absolute atomic E-state index is 9.34. The van der Waals surface area contributed by atoms with Crippen molar-refractivity contribution in [2.24, 2.45) is 0 Å². The quantitative estimate of drug-likeness (QED) is 0.583. The second kappa shape index (κ2) is 2.99. The Hall–Kier alpha value is -0.603. The summed E-state index contributed by atoms with van der Waals surface area (Å²) in [7, 11) is -1.57. The van der Waals surface area contributed by atoms with E-state index in [1.54, 1.807) is 0 Å². The van der Waals surface area contributed by atoms with Crippen molar-refractivity contribution in [1.29, 1.82) is 0 Å². The highest BCUT2D eigenvalue weighted by Crippen LogP contribution is 1.93. The first-order chi connectivity index (χ1) is 4.72. The van der Waals surface area contributed by atoms with Crippen LogP contribution in [0.1, 0.15) is 5.56 Å². The maximum Gasteiger partial charge on any atom is 0.201 e. The van der Waals surface area contributed by atoms with Crippen LogP contribution >= 0.6 is 0 Å². The van der Waals surface area contributed by atoms with E-state index in [0.717, 1.165) is 5.19 Å². The van der Waals surface area contributed by atoms with Gasteiger partial charge in [-0.25, -0.2) is 0 Å². The third-order valence-electron chi connectivity index (χ3n) is 1.64. The van der Waals surface area contributed by atoms with Gasteiger partial charge in [0.15, 0.2) is 0 Å². The van der Waals surface area contributed by atoms with E-state index in [-0.39, 0.29) is 0 Å². The molecule has 0 radical (unpaired) electrons. The maximum atomic E-state index is 9.34. The SMILES string of the molecule is Cc1ccccc1[SiH](C)O. The molecule has 0 spiro atoms. The van der Waals surface area contributed by atoms with Crippen molar-refractivity contribution in [2.75, 3.05) is 0 Å². The van der Waals surface area contributed by atoms with E-state index in [1.165, 1.54) is 5.56 Å². The Labute approximate surface area is 63.1 Å². The van der Waals surface area contributed by atoms with Gasteiger partial charge in [0.1, 0.15) is 0 Å². The van der Waals surface area contributed by atoms with Crippen molar-refractivity contribution in [1.82, 2.24) is 0 Å². The molecule has 0 aliphatic carbocycles. The first-order valence-corrected chi connectivity index (χ1v) is 5.70. The van der Waals surface area contributed by atoms with Crippen LogP contribution in [-0.4, -0.2) is 13.8 Å². The third-order valence-corrected chi connectivity index (χ3v) is 3.19. The van der Waals surface area contributed by atoms with Gasteiger partial charge in [0.2, 0.25) is 9.04 Å². The van der Waals surface area contributed by atoms with Gasteiger partial charge in [-0.05, 0) is 24.2 Å². The molecule has 1 nitrogen and oxygen atoms in total. The minimum absolute atomic E-state index is 1.16. The van der Waals surface area contributed by atoms with Gasteiger partial charge in [-0.3, -0.25) is 0 Å². The zero-order valence-electron chi connectivity index (χ0n) is 6.33. The van der Waals surface area contributed by atoms with E-state index in [2.05, 4.69) is 0 Å². The van der Waals surface area contributed by atoms with Gasteiger partial charge in [0, 0.05) is 0 Å². The van der Waals surface area contributed by atoms with Gasteiger partial charge in [0.25, 0.3) is 0 Å². The van der Waals surface area contributed by atoms with Crippen LogP contribution in [0.25, 0.3) is 0 Å². The fourth-order valence-electron chi connectivity index (χ4n) is 1.06. The fraction of sp³-hybridized carbons (Fsp3) is 0.250. The molecule has 0 saturated heterocycles. The fourth-order valence-corrected chi connectivity index (χ4v) is 2.20. The molecule has 0 saturated carbocycles. The molecule has 0 amide bonds. The summed E-state index contributed by atoms with van der Waals surface area (Å²) in [5.74, 6) is 0. The molecule has 1 unspecified atom stereocenters. The summed E-state index contributed by atoms with van der Waals surface area (Å²) in [5, 5.41) is 1.16. The predicted molar refractivity (Wildman–Crippen MR) is 46.0 cm³/mol. The van der Waals surface area contributed by atoms with Crippen molar-refractivity contribution >= 4 is 14.2 Å². The molecular weight excluding hydrogens is 140 g/mol.